The minimum atomic E-state index is -0.459. The van der Waals surface area contributed by atoms with Gasteiger partial charge in [0, 0.05) is 10.6 Å². The minimum Gasteiger partial charge on any atom is -0.389 e. The third-order valence-electron chi connectivity index (χ3n) is 4.53. The highest BCUT2D eigenvalue weighted by Crippen LogP contribution is 2.31. The highest BCUT2D eigenvalue weighted by molar-refractivity contribution is 7.99. The zero-order chi connectivity index (χ0) is 14.8. The second-order valence-electron chi connectivity index (χ2n) is 6.51. The van der Waals surface area contributed by atoms with Gasteiger partial charge in [-0.3, -0.25) is 0 Å². The molecule has 0 aromatic heterocycles. The van der Waals surface area contributed by atoms with E-state index >= 15 is 0 Å². The van der Waals surface area contributed by atoms with Gasteiger partial charge in [-0.05, 0) is 25.0 Å². The van der Waals surface area contributed by atoms with Gasteiger partial charge in [-0.1, -0.05) is 76.0 Å². The fraction of sp³-hybridized carbons (Fsp3) is 0.684. The van der Waals surface area contributed by atoms with Crippen molar-refractivity contribution in [2.45, 2.75) is 81.1 Å². The van der Waals surface area contributed by atoms with Crippen molar-refractivity contribution >= 4 is 11.8 Å². The molecule has 0 unspecified atom stereocenters. The maximum absolute atomic E-state index is 11.0. The van der Waals surface area contributed by atoms with Crippen LogP contribution in [-0.4, -0.2) is 16.5 Å². The fourth-order valence-electron chi connectivity index (χ4n) is 3.15. The summed E-state index contributed by atoms with van der Waals surface area (Å²) in [6.45, 7) is 0. The number of rotatable bonds is 3. The van der Waals surface area contributed by atoms with E-state index in [9.17, 15) is 5.11 Å². The molecule has 0 radical (unpaired) electrons. The Morgan fingerprint density at radius 1 is 0.762 bits per heavy atom. The second kappa shape index (κ2) is 9.53. The highest BCUT2D eigenvalue weighted by atomic mass is 32.2. The van der Waals surface area contributed by atoms with Crippen LogP contribution in [0, 0.1) is 0 Å². The topological polar surface area (TPSA) is 20.2 Å². The SMILES string of the molecule is OC1(CSc2ccccc2)CCCCCCCCCCC1. The summed E-state index contributed by atoms with van der Waals surface area (Å²) in [6, 6.07) is 10.5. The first-order valence-electron chi connectivity index (χ1n) is 8.69. The molecule has 1 nitrogen and oxygen atoms in total. The fourth-order valence-corrected chi connectivity index (χ4v) is 4.22. The molecule has 118 valence electrons. The first kappa shape index (κ1) is 16.9. The molecule has 1 saturated carbocycles. The molecule has 1 aliphatic rings. The molecule has 0 heterocycles. The summed E-state index contributed by atoms with van der Waals surface area (Å²) in [5.74, 6) is 0.844. The Balaban J connectivity index is 1.84. The van der Waals surface area contributed by atoms with Crippen LogP contribution in [0.25, 0.3) is 0 Å². The van der Waals surface area contributed by atoms with Gasteiger partial charge in [0.1, 0.15) is 0 Å². The Morgan fingerprint density at radius 3 is 1.76 bits per heavy atom. The van der Waals surface area contributed by atoms with Gasteiger partial charge in [-0.2, -0.15) is 0 Å². The molecular weight excluding hydrogens is 276 g/mol. The molecule has 0 amide bonds. The molecule has 2 heteroatoms. The maximum atomic E-state index is 11.0. The lowest BCUT2D eigenvalue weighted by molar-refractivity contribution is 0.0412. The average Bonchev–Trinajstić information content (AvgIpc) is 2.50. The first-order valence-corrected chi connectivity index (χ1v) is 9.67. The van der Waals surface area contributed by atoms with Crippen molar-refractivity contribution in [1.29, 1.82) is 0 Å². The van der Waals surface area contributed by atoms with Crippen LogP contribution in [0.1, 0.15) is 70.6 Å². The largest absolute Gasteiger partial charge is 0.389 e. The minimum absolute atomic E-state index is 0.459. The number of hydrogen-bond donors (Lipinski definition) is 1. The van der Waals surface area contributed by atoms with E-state index in [1.165, 1.54) is 62.7 Å². The van der Waals surface area contributed by atoms with E-state index in [4.69, 9.17) is 0 Å². The third-order valence-corrected chi connectivity index (χ3v) is 5.82. The summed E-state index contributed by atoms with van der Waals surface area (Å²) in [4.78, 5) is 1.28. The van der Waals surface area contributed by atoms with E-state index in [0.717, 1.165) is 18.6 Å². The van der Waals surface area contributed by atoms with Crippen molar-refractivity contribution in [2.75, 3.05) is 5.75 Å². The summed E-state index contributed by atoms with van der Waals surface area (Å²) >= 11 is 1.81. The van der Waals surface area contributed by atoms with E-state index in [0.29, 0.717) is 0 Å². The van der Waals surface area contributed by atoms with Crippen molar-refractivity contribution in [3.05, 3.63) is 30.3 Å². The molecule has 1 N–H and O–H groups in total. The molecule has 1 aromatic rings. The van der Waals surface area contributed by atoms with Crippen LogP contribution in [0.3, 0.4) is 0 Å². The maximum Gasteiger partial charge on any atom is 0.0741 e. The van der Waals surface area contributed by atoms with E-state index in [1.54, 1.807) is 0 Å². The number of benzene rings is 1. The van der Waals surface area contributed by atoms with Gasteiger partial charge in [-0.15, -0.1) is 11.8 Å². The van der Waals surface area contributed by atoms with Crippen LogP contribution in [0.15, 0.2) is 35.2 Å². The van der Waals surface area contributed by atoms with Gasteiger partial charge >= 0.3 is 0 Å². The van der Waals surface area contributed by atoms with E-state index < -0.39 is 5.60 Å². The van der Waals surface area contributed by atoms with Gasteiger partial charge in [0.05, 0.1) is 5.60 Å². The van der Waals surface area contributed by atoms with Gasteiger partial charge in [0.25, 0.3) is 0 Å². The van der Waals surface area contributed by atoms with Crippen LogP contribution < -0.4 is 0 Å². The van der Waals surface area contributed by atoms with Crippen molar-refractivity contribution in [3.8, 4) is 0 Å². The lowest BCUT2D eigenvalue weighted by atomic mass is 9.90. The van der Waals surface area contributed by atoms with E-state index in [1.807, 2.05) is 11.8 Å². The standard InChI is InChI=1S/C19H30OS/c20-19(17-21-18-13-9-8-10-14-18)15-11-6-4-2-1-3-5-7-12-16-19/h8-10,13-14,20H,1-7,11-12,15-17H2. The summed E-state index contributed by atoms with van der Waals surface area (Å²) in [5, 5.41) is 11.0. The number of aliphatic hydroxyl groups is 1. The second-order valence-corrected chi connectivity index (χ2v) is 7.56. The van der Waals surface area contributed by atoms with Gasteiger partial charge in [-0.25, -0.2) is 0 Å². The van der Waals surface area contributed by atoms with Crippen LogP contribution in [0.2, 0.25) is 0 Å². The zero-order valence-electron chi connectivity index (χ0n) is 13.2. The summed E-state index contributed by atoms with van der Waals surface area (Å²) in [5.41, 5.74) is -0.459. The van der Waals surface area contributed by atoms with Crippen LogP contribution in [0.5, 0.6) is 0 Å². The quantitative estimate of drug-likeness (QED) is 0.711. The van der Waals surface area contributed by atoms with Gasteiger partial charge < -0.3 is 5.11 Å². The van der Waals surface area contributed by atoms with E-state index in [-0.39, 0.29) is 0 Å². The monoisotopic (exact) mass is 306 g/mol. The summed E-state index contributed by atoms with van der Waals surface area (Å²) in [7, 11) is 0. The smallest absolute Gasteiger partial charge is 0.0741 e. The molecule has 0 aliphatic heterocycles. The molecule has 21 heavy (non-hydrogen) atoms. The van der Waals surface area contributed by atoms with E-state index in [2.05, 4.69) is 30.3 Å². The third kappa shape index (κ3) is 6.88. The Morgan fingerprint density at radius 2 is 1.24 bits per heavy atom. The summed E-state index contributed by atoms with van der Waals surface area (Å²) in [6.07, 6.45) is 13.8. The van der Waals surface area contributed by atoms with Crippen LogP contribution >= 0.6 is 11.8 Å². The Kier molecular flexibility index (Phi) is 7.66. The summed E-state index contributed by atoms with van der Waals surface area (Å²) < 4.78 is 0. The molecule has 0 saturated heterocycles. The predicted molar refractivity (Wildman–Crippen MR) is 92.9 cm³/mol. The molecule has 1 aromatic carbocycles. The lowest BCUT2D eigenvalue weighted by Gasteiger charge is -2.28. The Labute approximate surface area is 134 Å². The van der Waals surface area contributed by atoms with Crippen molar-refractivity contribution < 1.29 is 5.11 Å². The molecule has 1 aliphatic carbocycles. The molecule has 1 fully saturated rings. The Bertz CT molecular complexity index is 364. The molecule has 0 spiro atoms. The number of thioether (sulfide) groups is 1. The van der Waals surface area contributed by atoms with Gasteiger partial charge in [0.15, 0.2) is 0 Å². The highest BCUT2D eigenvalue weighted by Gasteiger charge is 2.26. The normalized spacial score (nSPS) is 21.2. The molecule has 2 rings (SSSR count). The molecule has 0 atom stereocenters. The molecule has 0 bridgehead atoms. The van der Waals surface area contributed by atoms with Crippen LogP contribution in [0.4, 0.5) is 0 Å². The van der Waals surface area contributed by atoms with Crippen molar-refractivity contribution in [1.82, 2.24) is 0 Å². The Hall–Kier alpha value is -0.470. The van der Waals surface area contributed by atoms with Gasteiger partial charge in [0.2, 0.25) is 0 Å². The zero-order valence-corrected chi connectivity index (χ0v) is 14.0. The van der Waals surface area contributed by atoms with Crippen LogP contribution in [-0.2, 0) is 0 Å². The number of hydrogen-bond acceptors (Lipinski definition) is 2. The molecular formula is C19H30OS. The van der Waals surface area contributed by atoms with Crippen molar-refractivity contribution in [2.24, 2.45) is 0 Å². The average molecular weight is 307 g/mol. The lowest BCUT2D eigenvalue weighted by Crippen LogP contribution is -2.31. The predicted octanol–water partition coefficient (Wildman–Crippen LogP) is 5.81. The first-order chi connectivity index (χ1) is 10.3. The van der Waals surface area contributed by atoms with Crippen molar-refractivity contribution in [3.63, 3.8) is 0 Å².